The lowest BCUT2D eigenvalue weighted by Crippen LogP contribution is -2.31. The molecule has 6 rings (SSSR count). The average molecular weight is 891 g/mol. The molecule has 0 saturated carbocycles. The minimum absolute atomic E-state index is 0.123. The lowest BCUT2D eigenvalue weighted by molar-refractivity contribution is -0.0809. The van der Waals surface area contributed by atoms with E-state index in [1.165, 1.54) is 0 Å². The highest BCUT2D eigenvalue weighted by molar-refractivity contribution is 5.96. The van der Waals surface area contributed by atoms with E-state index in [4.69, 9.17) is 61.6 Å². The Kier molecular flexibility index (Phi) is 19.6. The minimum Gasteiger partial charge on any atom is -0.489 e. The zero-order valence-electron chi connectivity index (χ0n) is 37.9. The number of benzene rings is 3. The van der Waals surface area contributed by atoms with E-state index in [-0.39, 0.29) is 64.1 Å². The van der Waals surface area contributed by atoms with Gasteiger partial charge in [0, 0.05) is 38.9 Å². The lowest BCUT2D eigenvalue weighted by Gasteiger charge is -2.33. The molecule has 0 saturated heterocycles. The molecule has 0 amide bonds. The van der Waals surface area contributed by atoms with Crippen LogP contribution in [0.3, 0.4) is 0 Å². The predicted molar refractivity (Wildman–Crippen MR) is 238 cm³/mol. The molecule has 0 spiro atoms. The van der Waals surface area contributed by atoms with Crippen LogP contribution in [-0.2, 0) is 84.1 Å². The quantitative estimate of drug-likeness (QED) is 0.169. The fourth-order valence-corrected chi connectivity index (χ4v) is 7.96. The second-order valence-electron chi connectivity index (χ2n) is 16.1. The molecular formula is C50H66O14. The summed E-state index contributed by atoms with van der Waals surface area (Å²) < 4.78 is 80.3. The summed E-state index contributed by atoms with van der Waals surface area (Å²) in [5.74, 6) is 0.712. The highest BCUT2D eigenvalue weighted by atomic mass is 16.6. The molecule has 3 aliphatic rings. The summed E-state index contributed by atoms with van der Waals surface area (Å²) in [6.45, 7) is 21.1. The number of cyclic esters (lactones) is 1. The first kappa shape index (κ1) is 49.2. The molecule has 3 heterocycles. The highest BCUT2D eigenvalue weighted by Crippen LogP contribution is 2.50. The molecule has 350 valence electrons. The fraction of sp³-hybridized carbons (Fsp3) is 0.540. The zero-order valence-corrected chi connectivity index (χ0v) is 37.9. The van der Waals surface area contributed by atoms with Gasteiger partial charge in [-0.3, -0.25) is 0 Å². The van der Waals surface area contributed by atoms with E-state index in [0.717, 1.165) is 22.3 Å². The van der Waals surface area contributed by atoms with Crippen molar-refractivity contribution in [3.8, 4) is 11.5 Å². The fourth-order valence-electron chi connectivity index (χ4n) is 7.96. The van der Waals surface area contributed by atoms with Gasteiger partial charge in [0.25, 0.3) is 0 Å². The lowest BCUT2D eigenvalue weighted by atomic mass is 9.77. The molecule has 0 fully saturated rings. The first-order chi connectivity index (χ1) is 31.2. The van der Waals surface area contributed by atoms with Crippen LogP contribution >= 0.6 is 0 Å². The Morgan fingerprint density at radius 2 is 0.891 bits per heavy atom. The van der Waals surface area contributed by atoms with Crippen LogP contribution in [0.25, 0.3) is 0 Å². The molecule has 3 aliphatic heterocycles. The Bertz CT molecular complexity index is 1760. The molecule has 4 atom stereocenters. The zero-order chi connectivity index (χ0) is 45.2. The van der Waals surface area contributed by atoms with E-state index in [1.54, 1.807) is 18.2 Å². The van der Waals surface area contributed by atoms with Crippen LogP contribution in [-0.4, -0.2) is 123 Å². The second-order valence-corrected chi connectivity index (χ2v) is 16.1. The predicted octanol–water partition coefficient (Wildman–Crippen LogP) is 7.03. The number of rotatable bonds is 8. The van der Waals surface area contributed by atoms with Crippen LogP contribution in [0.5, 0.6) is 11.5 Å². The van der Waals surface area contributed by atoms with Gasteiger partial charge >= 0.3 is 5.97 Å². The average Bonchev–Trinajstić information content (AvgIpc) is 3.59. The molecular weight excluding hydrogens is 825 g/mol. The maximum absolute atomic E-state index is 14.2. The van der Waals surface area contributed by atoms with Crippen molar-refractivity contribution in [1.29, 1.82) is 0 Å². The van der Waals surface area contributed by atoms with Gasteiger partial charge in [0.05, 0.1) is 136 Å². The Morgan fingerprint density at radius 1 is 0.547 bits per heavy atom. The molecule has 0 aromatic heterocycles. The van der Waals surface area contributed by atoms with Gasteiger partial charge in [-0.15, -0.1) is 0 Å². The van der Waals surface area contributed by atoms with Crippen LogP contribution in [0.4, 0.5) is 0 Å². The van der Waals surface area contributed by atoms with Crippen molar-refractivity contribution < 1.29 is 66.4 Å². The van der Waals surface area contributed by atoms with Crippen molar-refractivity contribution in [2.45, 2.75) is 84.1 Å². The van der Waals surface area contributed by atoms with Crippen LogP contribution < -0.4 is 9.47 Å². The number of fused-ring (bicyclic) bond motifs is 5. The van der Waals surface area contributed by atoms with Crippen molar-refractivity contribution in [2.75, 3.05) is 92.5 Å². The Morgan fingerprint density at radius 3 is 1.25 bits per heavy atom. The highest BCUT2D eigenvalue weighted by Gasteiger charge is 2.49. The summed E-state index contributed by atoms with van der Waals surface area (Å²) in [4.78, 5) is 14.2. The van der Waals surface area contributed by atoms with Crippen molar-refractivity contribution in [3.63, 3.8) is 0 Å². The van der Waals surface area contributed by atoms with Gasteiger partial charge in [0.2, 0.25) is 0 Å². The number of hydrogen-bond donors (Lipinski definition) is 0. The first-order valence-corrected chi connectivity index (χ1v) is 22.3. The number of hydrogen-bond acceptors (Lipinski definition) is 14. The van der Waals surface area contributed by atoms with Crippen LogP contribution in [0.15, 0.2) is 73.8 Å². The number of carbonyl (C=O) groups is 1. The Balaban J connectivity index is 1.48. The Hall–Kier alpha value is -4.19. The van der Waals surface area contributed by atoms with Crippen molar-refractivity contribution in [2.24, 2.45) is 0 Å². The molecule has 64 heavy (non-hydrogen) atoms. The monoisotopic (exact) mass is 890 g/mol. The number of esters is 1. The minimum atomic E-state index is -1.46. The summed E-state index contributed by atoms with van der Waals surface area (Å²) in [5.41, 5.74) is 3.87. The third-order valence-electron chi connectivity index (χ3n) is 10.6. The maximum atomic E-state index is 14.2. The smallest absolute Gasteiger partial charge is 0.340 e. The van der Waals surface area contributed by atoms with E-state index < -0.39 is 11.6 Å². The van der Waals surface area contributed by atoms with Gasteiger partial charge in [-0.05, 0) is 58.0 Å². The van der Waals surface area contributed by atoms with Crippen molar-refractivity contribution in [1.82, 2.24) is 0 Å². The van der Waals surface area contributed by atoms with Crippen molar-refractivity contribution >= 4 is 5.97 Å². The van der Waals surface area contributed by atoms with E-state index >= 15 is 0 Å². The molecule has 3 aromatic rings. The van der Waals surface area contributed by atoms with Gasteiger partial charge in [0.1, 0.15) is 24.7 Å². The van der Waals surface area contributed by atoms with Gasteiger partial charge in [-0.1, -0.05) is 43.5 Å². The SMILES string of the molecule is C=CCOc1c2cc(C3(c4cc5c(OCC=C)c(c4)COCCOC[C@H](C)O[C@@H](C)COCCOC5)OC(=O)c4ccccc43)cc1COCCOC[C@H](C)O[C@@H](C)COCCOC2. The first-order valence-electron chi connectivity index (χ1n) is 22.3. The van der Waals surface area contributed by atoms with Crippen molar-refractivity contribution in [3.05, 3.63) is 118 Å². The third kappa shape index (κ3) is 13.4. The molecule has 3 aromatic carbocycles. The summed E-state index contributed by atoms with van der Waals surface area (Å²) >= 11 is 0. The summed E-state index contributed by atoms with van der Waals surface area (Å²) in [5, 5.41) is 0. The van der Waals surface area contributed by atoms with Gasteiger partial charge in [-0.2, -0.15) is 0 Å². The van der Waals surface area contributed by atoms with E-state index in [9.17, 15) is 4.79 Å². The van der Waals surface area contributed by atoms with Gasteiger partial charge in [0.15, 0.2) is 5.60 Å². The molecule has 14 nitrogen and oxygen atoms in total. The van der Waals surface area contributed by atoms with Gasteiger partial charge < -0.3 is 61.6 Å². The standard InChI is InChI=1S/C50H66O14/c1-7-13-60-47-39-23-43(24-40(47)32-57-20-16-53-28-36(4)62-35(3)27-52-15-19-56-31-39)50(46-12-10-9-11-45(46)49(51)64-50)44-25-41-33-58-21-17-54-29-37(5)63-38(6)30-55-18-22-59-34-42(26-44)48(41)61-14-8-2/h7-12,23-26,35-38H,1-2,13-22,27-34H2,3-6H3/t35-,36-,37-,38-/m0/s1. The molecule has 0 N–H and O–H groups in total. The molecule has 14 heteroatoms. The normalized spacial score (nSPS) is 23.8. The van der Waals surface area contributed by atoms with Crippen LogP contribution in [0.1, 0.15) is 77.0 Å². The summed E-state index contributed by atoms with van der Waals surface area (Å²) in [6, 6.07) is 15.4. The molecule has 0 aliphatic carbocycles. The van der Waals surface area contributed by atoms with Gasteiger partial charge in [-0.25, -0.2) is 4.79 Å². The Labute approximate surface area is 377 Å². The van der Waals surface area contributed by atoms with E-state index in [1.807, 2.05) is 70.2 Å². The third-order valence-corrected chi connectivity index (χ3v) is 10.6. The van der Waals surface area contributed by atoms with Crippen LogP contribution in [0, 0.1) is 0 Å². The summed E-state index contributed by atoms with van der Waals surface area (Å²) in [6.07, 6.45) is 2.89. The maximum Gasteiger partial charge on any atom is 0.340 e. The topological polar surface area (TPSA) is 137 Å². The number of carbonyl (C=O) groups excluding carboxylic acids is 1. The van der Waals surface area contributed by atoms with E-state index in [2.05, 4.69) is 13.2 Å². The number of ether oxygens (including phenoxy) is 13. The van der Waals surface area contributed by atoms with E-state index in [0.29, 0.717) is 113 Å². The molecule has 4 bridgehead atoms. The van der Waals surface area contributed by atoms with Crippen LogP contribution in [0.2, 0.25) is 0 Å². The second kappa shape index (κ2) is 25.5. The summed E-state index contributed by atoms with van der Waals surface area (Å²) in [7, 11) is 0. The largest absolute Gasteiger partial charge is 0.489 e. The molecule has 0 radical (unpaired) electrons. The molecule has 0 unspecified atom stereocenters.